The number of phenols is 1. The molecule has 1 heterocycles. The molecule has 3 N–H and O–H groups in total. The zero-order valence-corrected chi connectivity index (χ0v) is 13.9. The highest BCUT2D eigenvalue weighted by atomic mass is 79.9. The highest BCUT2D eigenvalue weighted by Gasteiger charge is 2.10. The summed E-state index contributed by atoms with van der Waals surface area (Å²) in [4.78, 5) is 26.6. The number of nitrogens with one attached hydrogen (secondary N) is 2. The van der Waals surface area contributed by atoms with E-state index in [0.717, 1.165) is 4.47 Å². The number of aromatic amines is 1. The Morgan fingerprint density at radius 1 is 1.21 bits per heavy atom. The van der Waals surface area contributed by atoms with Crippen LogP contribution >= 0.6 is 15.9 Å². The Bertz CT molecular complexity index is 1010. The van der Waals surface area contributed by atoms with Crippen molar-refractivity contribution in [1.82, 2.24) is 10.4 Å². The van der Waals surface area contributed by atoms with Crippen LogP contribution < -0.4 is 11.0 Å². The standard InChI is InChI=1S/C17H12BrN3O3/c18-11-5-6-15(22)10(7-11)9-19-21-17(24)13-8-16(23)20-14-4-2-1-3-12(13)14/h1-9,22H,(H,20,23)(H,21,24)/b19-9+. The summed E-state index contributed by atoms with van der Waals surface area (Å²) in [5.41, 5.74) is 3.24. The highest BCUT2D eigenvalue weighted by Crippen LogP contribution is 2.20. The number of pyridine rings is 1. The molecule has 7 heteroatoms. The maximum Gasteiger partial charge on any atom is 0.272 e. The van der Waals surface area contributed by atoms with Gasteiger partial charge in [-0.25, -0.2) is 5.43 Å². The summed E-state index contributed by atoms with van der Waals surface area (Å²) in [5.74, 6) is -0.471. The molecular formula is C17H12BrN3O3. The third kappa shape index (κ3) is 3.36. The summed E-state index contributed by atoms with van der Waals surface area (Å²) < 4.78 is 0.772. The molecule has 0 unspecified atom stereocenters. The SMILES string of the molecule is O=C(N/N=C/c1cc(Br)ccc1O)c1cc(=O)[nH]c2ccccc12. The maximum absolute atomic E-state index is 12.3. The van der Waals surface area contributed by atoms with Crippen molar-refractivity contribution in [1.29, 1.82) is 0 Å². The monoisotopic (exact) mass is 385 g/mol. The predicted molar refractivity (Wildman–Crippen MR) is 95.4 cm³/mol. The van der Waals surface area contributed by atoms with Crippen molar-refractivity contribution >= 4 is 39.0 Å². The zero-order valence-electron chi connectivity index (χ0n) is 12.3. The van der Waals surface area contributed by atoms with Gasteiger partial charge in [-0.2, -0.15) is 5.10 Å². The number of rotatable bonds is 3. The molecule has 0 aliphatic heterocycles. The van der Waals surface area contributed by atoms with E-state index >= 15 is 0 Å². The first kappa shape index (κ1) is 15.9. The van der Waals surface area contributed by atoms with E-state index in [1.165, 1.54) is 18.3 Å². The molecule has 3 rings (SSSR count). The Hall–Kier alpha value is -2.93. The van der Waals surface area contributed by atoms with E-state index in [1.807, 2.05) is 0 Å². The number of aromatic hydroxyl groups is 1. The number of benzene rings is 2. The molecule has 24 heavy (non-hydrogen) atoms. The second kappa shape index (κ2) is 6.67. The van der Waals surface area contributed by atoms with Crippen LogP contribution in [0.3, 0.4) is 0 Å². The number of fused-ring (bicyclic) bond motifs is 1. The molecule has 0 fully saturated rings. The van der Waals surface area contributed by atoms with E-state index in [1.54, 1.807) is 36.4 Å². The van der Waals surface area contributed by atoms with E-state index in [4.69, 9.17) is 0 Å². The second-order valence-electron chi connectivity index (χ2n) is 5.00. The number of H-pyrrole nitrogens is 1. The number of para-hydroxylation sites is 1. The van der Waals surface area contributed by atoms with Crippen LogP contribution in [-0.2, 0) is 0 Å². The molecular weight excluding hydrogens is 374 g/mol. The van der Waals surface area contributed by atoms with Gasteiger partial charge in [-0.1, -0.05) is 34.1 Å². The quantitative estimate of drug-likeness (QED) is 0.477. The van der Waals surface area contributed by atoms with Crippen LogP contribution in [0.5, 0.6) is 5.75 Å². The molecule has 0 bridgehead atoms. The summed E-state index contributed by atoms with van der Waals surface area (Å²) in [7, 11) is 0. The van der Waals surface area contributed by atoms with E-state index in [0.29, 0.717) is 16.5 Å². The van der Waals surface area contributed by atoms with Gasteiger partial charge >= 0.3 is 0 Å². The van der Waals surface area contributed by atoms with Crippen LogP contribution in [0.2, 0.25) is 0 Å². The minimum atomic E-state index is -0.511. The van der Waals surface area contributed by atoms with Crippen molar-refractivity contribution < 1.29 is 9.90 Å². The lowest BCUT2D eigenvalue weighted by Gasteiger charge is -2.04. The van der Waals surface area contributed by atoms with Crippen LogP contribution in [0.1, 0.15) is 15.9 Å². The molecule has 1 aromatic heterocycles. The average Bonchev–Trinajstić information content (AvgIpc) is 2.57. The molecule has 0 aliphatic carbocycles. The molecule has 0 saturated carbocycles. The third-order valence-electron chi connectivity index (χ3n) is 3.35. The molecule has 3 aromatic rings. The molecule has 0 saturated heterocycles. The highest BCUT2D eigenvalue weighted by molar-refractivity contribution is 9.10. The number of halogens is 1. The minimum absolute atomic E-state index is 0.0396. The summed E-state index contributed by atoms with van der Waals surface area (Å²) in [6.07, 6.45) is 1.33. The second-order valence-corrected chi connectivity index (χ2v) is 5.91. The van der Waals surface area contributed by atoms with Gasteiger partial charge in [0.15, 0.2) is 0 Å². The van der Waals surface area contributed by atoms with Crippen molar-refractivity contribution in [2.24, 2.45) is 5.10 Å². The number of carbonyl (C=O) groups is 1. The number of nitrogens with zero attached hydrogens (tertiary/aromatic N) is 1. The van der Waals surface area contributed by atoms with Gasteiger partial charge in [-0.15, -0.1) is 0 Å². The van der Waals surface area contributed by atoms with Crippen LogP contribution in [0.4, 0.5) is 0 Å². The smallest absolute Gasteiger partial charge is 0.272 e. The van der Waals surface area contributed by atoms with E-state index in [9.17, 15) is 14.7 Å². The van der Waals surface area contributed by atoms with Crippen molar-refractivity contribution in [2.45, 2.75) is 0 Å². The molecule has 2 aromatic carbocycles. The third-order valence-corrected chi connectivity index (χ3v) is 3.85. The number of phenolic OH excluding ortho intramolecular Hbond substituents is 1. The van der Waals surface area contributed by atoms with Crippen molar-refractivity contribution in [2.75, 3.05) is 0 Å². The first-order valence-electron chi connectivity index (χ1n) is 6.98. The van der Waals surface area contributed by atoms with Crippen LogP contribution in [0.15, 0.2) is 62.9 Å². The molecule has 0 spiro atoms. The fourth-order valence-electron chi connectivity index (χ4n) is 2.24. The summed E-state index contributed by atoms with van der Waals surface area (Å²) >= 11 is 3.29. The fourth-order valence-corrected chi connectivity index (χ4v) is 2.62. The first-order valence-corrected chi connectivity index (χ1v) is 7.78. The Morgan fingerprint density at radius 3 is 2.83 bits per heavy atom. The van der Waals surface area contributed by atoms with Crippen molar-refractivity contribution in [3.05, 3.63) is 74.5 Å². The van der Waals surface area contributed by atoms with Gasteiger partial charge < -0.3 is 10.1 Å². The normalized spacial score (nSPS) is 11.0. The Morgan fingerprint density at radius 2 is 2.00 bits per heavy atom. The fraction of sp³-hybridized carbons (Fsp3) is 0. The minimum Gasteiger partial charge on any atom is -0.507 e. The van der Waals surface area contributed by atoms with Gasteiger partial charge in [0.1, 0.15) is 5.75 Å². The number of amides is 1. The molecule has 120 valence electrons. The Balaban J connectivity index is 1.87. The number of aromatic nitrogens is 1. The lowest BCUT2D eigenvalue weighted by Crippen LogP contribution is -2.20. The number of hydrogen-bond donors (Lipinski definition) is 3. The number of carbonyl (C=O) groups excluding carboxylic acids is 1. The number of hydrazone groups is 1. The first-order chi connectivity index (χ1) is 11.5. The molecule has 6 nitrogen and oxygen atoms in total. The van der Waals surface area contributed by atoms with E-state index in [-0.39, 0.29) is 16.9 Å². The van der Waals surface area contributed by atoms with Crippen molar-refractivity contribution in [3.8, 4) is 5.75 Å². The lowest BCUT2D eigenvalue weighted by atomic mass is 10.1. The average molecular weight is 386 g/mol. The van der Waals surface area contributed by atoms with Gasteiger partial charge in [0, 0.05) is 27.0 Å². The molecule has 1 amide bonds. The Labute approximate surface area is 145 Å². The van der Waals surface area contributed by atoms with E-state index in [2.05, 4.69) is 31.4 Å². The van der Waals surface area contributed by atoms with Gasteiger partial charge in [-0.3, -0.25) is 9.59 Å². The van der Waals surface area contributed by atoms with Gasteiger partial charge in [0.05, 0.1) is 11.8 Å². The summed E-state index contributed by atoms with van der Waals surface area (Å²) in [5, 5.41) is 14.2. The number of hydrogen-bond acceptors (Lipinski definition) is 4. The van der Waals surface area contributed by atoms with Crippen LogP contribution in [0, 0.1) is 0 Å². The van der Waals surface area contributed by atoms with Gasteiger partial charge in [0.25, 0.3) is 5.91 Å². The lowest BCUT2D eigenvalue weighted by molar-refractivity contribution is 0.0956. The topological polar surface area (TPSA) is 94.5 Å². The molecule has 0 radical (unpaired) electrons. The Kier molecular flexibility index (Phi) is 4.43. The largest absolute Gasteiger partial charge is 0.507 e. The predicted octanol–water partition coefficient (Wildman–Crippen LogP) is 2.76. The van der Waals surface area contributed by atoms with E-state index < -0.39 is 5.91 Å². The van der Waals surface area contributed by atoms with Crippen LogP contribution in [0.25, 0.3) is 10.9 Å². The van der Waals surface area contributed by atoms with Gasteiger partial charge in [-0.05, 0) is 24.3 Å². The zero-order chi connectivity index (χ0) is 17.1. The van der Waals surface area contributed by atoms with Gasteiger partial charge in [0.2, 0.25) is 5.56 Å². The summed E-state index contributed by atoms with van der Waals surface area (Å²) in [6.45, 7) is 0. The van der Waals surface area contributed by atoms with Crippen LogP contribution in [-0.4, -0.2) is 22.2 Å². The summed E-state index contributed by atoms with van der Waals surface area (Å²) in [6, 6.07) is 13.1. The molecule has 0 atom stereocenters. The molecule has 0 aliphatic rings. The maximum atomic E-state index is 12.3. The van der Waals surface area contributed by atoms with Crippen molar-refractivity contribution in [3.63, 3.8) is 0 Å².